The molecule has 2 amide bonds. The predicted molar refractivity (Wildman–Crippen MR) is 92.2 cm³/mol. The number of likely N-dealkylation sites (N-methyl/N-ethyl adjacent to an activating group) is 1. The minimum Gasteiger partial charge on any atom is -0.338 e. The van der Waals surface area contributed by atoms with Crippen LogP contribution in [0.4, 0.5) is 0 Å². The Balaban J connectivity index is 1.68. The van der Waals surface area contributed by atoms with Crippen molar-refractivity contribution in [3.8, 4) is 0 Å². The van der Waals surface area contributed by atoms with Crippen molar-refractivity contribution in [1.82, 2.24) is 14.7 Å². The molecular weight excluding hydrogens is 304 g/mol. The van der Waals surface area contributed by atoms with Gasteiger partial charge in [0.15, 0.2) is 0 Å². The summed E-state index contributed by atoms with van der Waals surface area (Å²) in [6, 6.07) is 8.31. The number of amides is 2. The maximum absolute atomic E-state index is 12.9. The fraction of sp³-hybridized carbons (Fsp3) is 0.556. The molecule has 0 saturated carbocycles. The molecule has 0 aromatic heterocycles. The van der Waals surface area contributed by atoms with Crippen molar-refractivity contribution in [2.75, 3.05) is 39.8 Å². The lowest BCUT2D eigenvalue weighted by molar-refractivity contribution is -0.145. The summed E-state index contributed by atoms with van der Waals surface area (Å²) in [5.74, 6) is -0.0691. The van der Waals surface area contributed by atoms with Crippen LogP contribution in [0.3, 0.4) is 0 Å². The van der Waals surface area contributed by atoms with E-state index in [2.05, 4.69) is 11.9 Å². The van der Waals surface area contributed by atoms with Gasteiger partial charge in [0.1, 0.15) is 12.1 Å². The van der Waals surface area contributed by atoms with Gasteiger partial charge in [0.25, 0.3) is 0 Å². The van der Waals surface area contributed by atoms with Crippen LogP contribution in [-0.4, -0.2) is 72.3 Å². The Labute approximate surface area is 143 Å². The smallest absolute Gasteiger partial charge is 0.245 e. The molecule has 24 heavy (non-hydrogen) atoms. The highest BCUT2D eigenvalue weighted by Gasteiger charge is 2.38. The van der Waals surface area contributed by atoms with Gasteiger partial charge in [-0.25, -0.2) is 0 Å². The van der Waals surface area contributed by atoms with Crippen molar-refractivity contribution in [2.24, 2.45) is 5.73 Å². The van der Waals surface area contributed by atoms with Crippen LogP contribution in [0.15, 0.2) is 30.3 Å². The Kier molecular flexibility index (Phi) is 5.16. The quantitative estimate of drug-likeness (QED) is 0.874. The van der Waals surface area contributed by atoms with Crippen molar-refractivity contribution in [1.29, 1.82) is 0 Å². The number of likely N-dealkylation sites (tertiary alicyclic amines) is 1. The van der Waals surface area contributed by atoms with E-state index in [1.807, 2.05) is 35.2 Å². The minimum absolute atomic E-state index is 0.0780. The van der Waals surface area contributed by atoms with Crippen LogP contribution in [0.5, 0.6) is 0 Å². The summed E-state index contributed by atoms with van der Waals surface area (Å²) in [4.78, 5) is 31.5. The first-order chi connectivity index (χ1) is 11.6. The van der Waals surface area contributed by atoms with E-state index in [1.54, 1.807) is 4.90 Å². The Bertz CT molecular complexity index is 584. The lowest BCUT2D eigenvalue weighted by Crippen LogP contribution is -2.54. The van der Waals surface area contributed by atoms with Gasteiger partial charge in [-0.2, -0.15) is 0 Å². The molecule has 2 N–H and O–H groups in total. The van der Waals surface area contributed by atoms with E-state index in [0.29, 0.717) is 6.54 Å². The van der Waals surface area contributed by atoms with Crippen LogP contribution in [0.25, 0.3) is 0 Å². The minimum atomic E-state index is -0.702. The van der Waals surface area contributed by atoms with E-state index >= 15 is 0 Å². The fourth-order valence-electron chi connectivity index (χ4n) is 3.51. The first-order valence-corrected chi connectivity index (χ1v) is 8.66. The highest BCUT2D eigenvalue weighted by atomic mass is 16.2. The molecule has 130 valence electrons. The van der Waals surface area contributed by atoms with Gasteiger partial charge in [0.2, 0.25) is 11.8 Å². The summed E-state index contributed by atoms with van der Waals surface area (Å²) in [5, 5.41) is 0. The van der Waals surface area contributed by atoms with E-state index in [4.69, 9.17) is 5.73 Å². The maximum atomic E-state index is 12.9. The molecule has 0 bridgehead atoms. The third kappa shape index (κ3) is 3.44. The lowest BCUT2D eigenvalue weighted by Gasteiger charge is -2.36. The summed E-state index contributed by atoms with van der Waals surface area (Å²) in [6.45, 7) is 3.85. The third-order valence-corrected chi connectivity index (χ3v) is 5.06. The number of benzene rings is 1. The van der Waals surface area contributed by atoms with E-state index < -0.39 is 6.04 Å². The lowest BCUT2D eigenvalue weighted by atomic mass is 10.1. The van der Waals surface area contributed by atoms with Gasteiger partial charge in [0.05, 0.1) is 0 Å². The molecule has 2 atom stereocenters. The van der Waals surface area contributed by atoms with Gasteiger partial charge < -0.3 is 20.4 Å². The molecule has 6 heteroatoms. The number of carbonyl (C=O) groups excluding carboxylic acids is 2. The molecule has 1 aromatic carbocycles. The summed E-state index contributed by atoms with van der Waals surface area (Å²) in [7, 11) is 2.06. The van der Waals surface area contributed by atoms with Gasteiger partial charge in [-0.15, -0.1) is 0 Å². The van der Waals surface area contributed by atoms with Crippen LogP contribution in [0.1, 0.15) is 24.4 Å². The first-order valence-electron chi connectivity index (χ1n) is 8.66. The van der Waals surface area contributed by atoms with Crippen molar-refractivity contribution in [2.45, 2.75) is 24.9 Å². The molecule has 2 aliphatic heterocycles. The average Bonchev–Trinajstić information content (AvgIpc) is 3.11. The fourth-order valence-corrected chi connectivity index (χ4v) is 3.51. The molecule has 2 heterocycles. The second-order valence-corrected chi connectivity index (χ2v) is 6.71. The third-order valence-electron chi connectivity index (χ3n) is 5.06. The van der Waals surface area contributed by atoms with Crippen molar-refractivity contribution in [3.63, 3.8) is 0 Å². The highest BCUT2D eigenvalue weighted by molar-refractivity contribution is 5.91. The molecular formula is C18H26N4O2. The van der Waals surface area contributed by atoms with E-state index in [9.17, 15) is 9.59 Å². The predicted octanol–water partition coefficient (Wildman–Crippen LogP) is 0.451. The van der Waals surface area contributed by atoms with Crippen LogP contribution >= 0.6 is 0 Å². The van der Waals surface area contributed by atoms with Crippen LogP contribution in [-0.2, 0) is 9.59 Å². The SMILES string of the molecule is CN1CCN(C(=O)C2CCCN2C(=O)C(N)c2ccccc2)CC1. The van der Waals surface area contributed by atoms with E-state index in [-0.39, 0.29) is 17.9 Å². The maximum Gasteiger partial charge on any atom is 0.245 e. The molecule has 0 radical (unpaired) electrons. The van der Waals surface area contributed by atoms with Gasteiger partial charge in [-0.05, 0) is 25.5 Å². The monoisotopic (exact) mass is 330 g/mol. The molecule has 2 unspecified atom stereocenters. The van der Waals surface area contributed by atoms with Crippen LogP contribution in [0, 0.1) is 0 Å². The number of nitrogens with zero attached hydrogens (tertiary/aromatic N) is 3. The van der Waals surface area contributed by atoms with Gasteiger partial charge in [0, 0.05) is 32.7 Å². The van der Waals surface area contributed by atoms with E-state index in [1.165, 1.54) is 0 Å². The van der Waals surface area contributed by atoms with E-state index in [0.717, 1.165) is 44.6 Å². The number of rotatable bonds is 3. The van der Waals surface area contributed by atoms with Gasteiger partial charge in [-0.3, -0.25) is 9.59 Å². The van der Waals surface area contributed by atoms with Crippen molar-refractivity contribution < 1.29 is 9.59 Å². The second-order valence-electron chi connectivity index (χ2n) is 6.71. The standard InChI is InChI=1S/C18H26N4O2/c1-20-10-12-21(13-11-20)17(23)15-8-5-9-22(15)18(24)16(19)14-6-3-2-4-7-14/h2-4,6-7,15-16H,5,8-13,19H2,1H3. The molecule has 0 spiro atoms. The molecule has 6 nitrogen and oxygen atoms in total. The Morgan fingerprint density at radius 1 is 1.08 bits per heavy atom. The zero-order chi connectivity index (χ0) is 17.1. The zero-order valence-electron chi connectivity index (χ0n) is 14.2. The number of nitrogens with two attached hydrogens (primary N) is 1. The number of hydrogen-bond donors (Lipinski definition) is 1. The summed E-state index contributed by atoms with van der Waals surface area (Å²) in [6.07, 6.45) is 1.59. The normalized spacial score (nSPS) is 23.3. The number of hydrogen-bond acceptors (Lipinski definition) is 4. The van der Waals surface area contributed by atoms with Crippen LogP contribution < -0.4 is 5.73 Å². The second kappa shape index (κ2) is 7.32. The Morgan fingerprint density at radius 2 is 1.75 bits per heavy atom. The van der Waals surface area contributed by atoms with Crippen molar-refractivity contribution >= 4 is 11.8 Å². The molecule has 0 aliphatic carbocycles. The topological polar surface area (TPSA) is 69.9 Å². The Hall–Kier alpha value is -1.92. The molecule has 1 aromatic rings. The molecule has 3 rings (SSSR count). The molecule has 2 saturated heterocycles. The van der Waals surface area contributed by atoms with Crippen LogP contribution in [0.2, 0.25) is 0 Å². The molecule has 2 fully saturated rings. The summed E-state index contributed by atoms with van der Waals surface area (Å²) >= 11 is 0. The van der Waals surface area contributed by atoms with Gasteiger partial charge in [-0.1, -0.05) is 30.3 Å². The Morgan fingerprint density at radius 3 is 2.42 bits per heavy atom. The zero-order valence-corrected chi connectivity index (χ0v) is 14.2. The number of carbonyl (C=O) groups is 2. The number of piperazine rings is 1. The summed E-state index contributed by atoms with van der Waals surface area (Å²) < 4.78 is 0. The summed E-state index contributed by atoms with van der Waals surface area (Å²) in [5.41, 5.74) is 6.95. The van der Waals surface area contributed by atoms with Gasteiger partial charge >= 0.3 is 0 Å². The van der Waals surface area contributed by atoms with Crippen molar-refractivity contribution in [3.05, 3.63) is 35.9 Å². The average molecular weight is 330 g/mol. The highest BCUT2D eigenvalue weighted by Crippen LogP contribution is 2.24. The largest absolute Gasteiger partial charge is 0.338 e. The first kappa shape index (κ1) is 16.9. The molecule has 2 aliphatic rings.